The van der Waals surface area contributed by atoms with E-state index in [0.717, 1.165) is 42.7 Å². The number of rotatable bonds is 9. The molecule has 1 saturated heterocycles. The Morgan fingerprint density at radius 1 is 1.06 bits per heavy atom. The molecule has 2 aromatic carbocycles. The first kappa shape index (κ1) is 22.4. The third kappa shape index (κ3) is 5.71. The smallest absolute Gasteiger partial charge is 0.232 e. The third-order valence-corrected chi connectivity index (χ3v) is 6.67. The molecule has 0 radical (unpaired) electrons. The summed E-state index contributed by atoms with van der Waals surface area (Å²) in [6.45, 7) is 6.13. The van der Waals surface area contributed by atoms with Crippen molar-refractivity contribution in [3.63, 3.8) is 0 Å². The molecule has 3 aromatic rings. The zero-order valence-electron chi connectivity index (χ0n) is 18.8. The van der Waals surface area contributed by atoms with Crippen LogP contribution < -0.4 is 10.2 Å². The van der Waals surface area contributed by atoms with Gasteiger partial charge in [-0.1, -0.05) is 59.8 Å². The molecule has 1 fully saturated rings. The predicted octanol–water partition coefficient (Wildman–Crippen LogP) is 4.41. The summed E-state index contributed by atoms with van der Waals surface area (Å²) in [5, 5.41) is 12.8. The molecule has 1 aliphatic rings. The van der Waals surface area contributed by atoms with Crippen LogP contribution in [-0.2, 0) is 11.2 Å². The van der Waals surface area contributed by atoms with Gasteiger partial charge < -0.3 is 10.2 Å². The molecule has 0 spiro atoms. The second kappa shape index (κ2) is 10.7. The molecule has 7 heteroatoms. The van der Waals surface area contributed by atoms with E-state index in [9.17, 15) is 4.79 Å². The monoisotopic (exact) mass is 449 g/mol. The van der Waals surface area contributed by atoms with Crippen LogP contribution in [0.25, 0.3) is 5.69 Å². The minimum Gasteiger partial charge on any atom is -0.353 e. The van der Waals surface area contributed by atoms with Gasteiger partial charge in [0.15, 0.2) is 5.16 Å². The van der Waals surface area contributed by atoms with Gasteiger partial charge >= 0.3 is 0 Å². The van der Waals surface area contributed by atoms with Crippen LogP contribution in [0.5, 0.6) is 0 Å². The van der Waals surface area contributed by atoms with Gasteiger partial charge in [0.25, 0.3) is 0 Å². The fourth-order valence-electron chi connectivity index (χ4n) is 3.94. The number of carbonyl (C=O) groups excluding carboxylic acids is 1. The Bertz CT molecular complexity index is 1010. The molecule has 0 saturated carbocycles. The van der Waals surface area contributed by atoms with E-state index < -0.39 is 0 Å². The van der Waals surface area contributed by atoms with Crippen molar-refractivity contribution >= 4 is 23.6 Å². The lowest BCUT2D eigenvalue weighted by Gasteiger charge is -2.18. The summed E-state index contributed by atoms with van der Waals surface area (Å²) in [6.07, 6.45) is 4.22. The van der Waals surface area contributed by atoms with Gasteiger partial charge in [0.1, 0.15) is 0 Å². The first-order valence-electron chi connectivity index (χ1n) is 11.3. The minimum absolute atomic E-state index is 0.0248. The first-order valence-corrected chi connectivity index (χ1v) is 12.3. The Morgan fingerprint density at radius 2 is 1.78 bits per heavy atom. The maximum Gasteiger partial charge on any atom is 0.232 e. The number of hydrogen-bond donors (Lipinski definition) is 1. The van der Waals surface area contributed by atoms with E-state index in [1.54, 1.807) is 0 Å². The Balaban J connectivity index is 1.39. The van der Waals surface area contributed by atoms with Gasteiger partial charge in [0.05, 0.1) is 11.4 Å². The van der Waals surface area contributed by atoms with Crippen molar-refractivity contribution in [1.82, 2.24) is 20.1 Å². The lowest BCUT2D eigenvalue weighted by molar-refractivity contribution is -0.119. The molecule has 4 rings (SSSR count). The van der Waals surface area contributed by atoms with Crippen LogP contribution in [0.2, 0.25) is 0 Å². The molecule has 1 amide bonds. The Kier molecular flexibility index (Phi) is 7.47. The summed E-state index contributed by atoms with van der Waals surface area (Å²) in [7, 11) is 0. The normalized spacial score (nSPS) is 14.5. The minimum atomic E-state index is 0.0248. The highest BCUT2D eigenvalue weighted by Crippen LogP contribution is 2.28. The number of nitrogens with one attached hydrogen (secondary N) is 1. The molecule has 1 atom stereocenters. The SMILES string of the molecule is Cc1ccc(-n2c(SCC(=O)NC(C)CCc3ccccc3)nnc2N2CCCC2)cc1. The van der Waals surface area contributed by atoms with Gasteiger partial charge in [0, 0.05) is 19.1 Å². The molecule has 0 bridgehead atoms. The van der Waals surface area contributed by atoms with E-state index in [1.165, 1.54) is 35.7 Å². The summed E-state index contributed by atoms with van der Waals surface area (Å²) in [4.78, 5) is 14.9. The van der Waals surface area contributed by atoms with Crippen LogP contribution in [0.3, 0.4) is 0 Å². The van der Waals surface area contributed by atoms with Crippen molar-refractivity contribution in [3.05, 3.63) is 65.7 Å². The number of carbonyl (C=O) groups is 1. The Labute approximate surface area is 194 Å². The maximum absolute atomic E-state index is 12.6. The number of benzene rings is 2. The highest BCUT2D eigenvalue weighted by atomic mass is 32.2. The zero-order valence-corrected chi connectivity index (χ0v) is 19.6. The molecular weight excluding hydrogens is 418 g/mol. The van der Waals surface area contributed by atoms with E-state index in [4.69, 9.17) is 0 Å². The van der Waals surface area contributed by atoms with Gasteiger partial charge in [0.2, 0.25) is 11.9 Å². The van der Waals surface area contributed by atoms with Crippen LogP contribution in [0.15, 0.2) is 59.8 Å². The molecule has 0 aliphatic carbocycles. The topological polar surface area (TPSA) is 63.1 Å². The average molecular weight is 450 g/mol. The maximum atomic E-state index is 12.6. The second-order valence-corrected chi connectivity index (χ2v) is 9.37. The zero-order chi connectivity index (χ0) is 22.3. The molecule has 1 aromatic heterocycles. The van der Waals surface area contributed by atoms with Crippen LogP contribution in [0, 0.1) is 6.92 Å². The number of thioether (sulfide) groups is 1. The molecule has 2 heterocycles. The molecule has 6 nitrogen and oxygen atoms in total. The summed E-state index contributed by atoms with van der Waals surface area (Å²) >= 11 is 1.44. The summed E-state index contributed by atoms with van der Waals surface area (Å²) in [5.41, 5.74) is 3.54. The molecule has 1 unspecified atom stereocenters. The van der Waals surface area contributed by atoms with Crippen molar-refractivity contribution < 1.29 is 4.79 Å². The Morgan fingerprint density at radius 3 is 2.50 bits per heavy atom. The number of aromatic nitrogens is 3. The Hall–Kier alpha value is -2.80. The van der Waals surface area contributed by atoms with E-state index in [0.29, 0.717) is 5.75 Å². The van der Waals surface area contributed by atoms with Crippen molar-refractivity contribution in [2.45, 2.75) is 50.7 Å². The van der Waals surface area contributed by atoms with Gasteiger partial charge in [-0.05, 0) is 57.2 Å². The fourth-order valence-corrected chi connectivity index (χ4v) is 4.70. The quantitative estimate of drug-likeness (QED) is 0.491. The lowest BCUT2D eigenvalue weighted by atomic mass is 10.1. The van der Waals surface area contributed by atoms with Crippen LogP contribution in [-0.4, -0.2) is 45.6 Å². The highest BCUT2D eigenvalue weighted by molar-refractivity contribution is 7.99. The van der Waals surface area contributed by atoms with E-state index >= 15 is 0 Å². The number of aryl methyl sites for hydroxylation is 2. The standard InChI is InChI=1S/C25H31N5OS/c1-19-10-14-22(15-11-19)30-24(29-16-6-7-17-29)27-28-25(30)32-18-23(31)26-20(2)12-13-21-8-4-3-5-9-21/h3-5,8-11,14-15,20H,6-7,12-13,16-18H2,1-2H3,(H,26,31). The van der Waals surface area contributed by atoms with Gasteiger partial charge in [-0.3, -0.25) is 9.36 Å². The summed E-state index contributed by atoms with van der Waals surface area (Å²) in [5.74, 6) is 1.21. The summed E-state index contributed by atoms with van der Waals surface area (Å²) < 4.78 is 2.08. The van der Waals surface area contributed by atoms with E-state index in [1.807, 2.05) is 6.07 Å². The van der Waals surface area contributed by atoms with Crippen LogP contribution in [0.1, 0.15) is 37.3 Å². The van der Waals surface area contributed by atoms with Crippen molar-refractivity contribution in [2.24, 2.45) is 0 Å². The second-order valence-electron chi connectivity index (χ2n) is 8.43. The average Bonchev–Trinajstić information content (AvgIpc) is 3.47. The lowest BCUT2D eigenvalue weighted by Crippen LogP contribution is -2.34. The number of nitrogens with zero attached hydrogens (tertiary/aromatic N) is 4. The largest absolute Gasteiger partial charge is 0.353 e. The molecule has 32 heavy (non-hydrogen) atoms. The van der Waals surface area contributed by atoms with E-state index in [2.05, 4.69) is 87.4 Å². The third-order valence-electron chi connectivity index (χ3n) is 5.75. The van der Waals surface area contributed by atoms with Crippen molar-refractivity contribution in [3.8, 4) is 5.69 Å². The predicted molar refractivity (Wildman–Crippen MR) is 131 cm³/mol. The van der Waals surface area contributed by atoms with Crippen LogP contribution >= 0.6 is 11.8 Å². The van der Waals surface area contributed by atoms with Crippen molar-refractivity contribution in [1.29, 1.82) is 0 Å². The number of anilines is 1. The van der Waals surface area contributed by atoms with E-state index in [-0.39, 0.29) is 11.9 Å². The fraction of sp³-hybridized carbons (Fsp3) is 0.400. The molecule has 168 valence electrons. The van der Waals surface area contributed by atoms with Crippen LogP contribution in [0.4, 0.5) is 5.95 Å². The molecule has 1 N–H and O–H groups in total. The first-order chi connectivity index (χ1) is 15.6. The van der Waals surface area contributed by atoms with Gasteiger partial charge in [-0.15, -0.1) is 10.2 Å². The number of amides is 1. The summed E-state index contributed by atoms with van der Waals surface area (Å²) in [6, 6.07) is 18.9. The molecular formula is C25H31N5OS. The van der Waals surface area contributed by atoms with Crippen molar-refractivity contribution in [2.75, 3.05) is 23.7 Å². The van der Waals surface area contributed by atoms with Gasteiger partial charge in [-0.2, -0.15) is 0 Å². The highest BCUT2D eigenvalue weighted by Gasteiger charge is 2.23. The molecule has 1 aliphatic heterocycles. The number of hydrogen-bond acceptors (Lipinski definition) is 5. The van der Waals surface area contributed by atoms with Gasteiger partial charge in [-0.25, -0.2) is 0 Å².